The third-order valence-corrected chi connectivity index (χ3v) is 6.11. The molecule has 0 heterocycles. The van der Waals surface area contributed by atoms with E-state index in [0.29, 0.717) is 5.56 Å². The minimum absolute atomic E-state index is 0.101. The van der Waals surface area contributed by atoms with Gasteiger partial charge < -0.3 is 15.4 Å². The summed E-state index contributed by atoms with van der Waals surface area (Å²) in [5, 5.41) is 5.69. The Labute approximate surface area is 227 Å². The molecule has 3 unspecified atom stereocenters. The monoisotopic (exact) mass is 519 g/mol. The fourth-order valence-corrected chi connectivity index (χ4v) is 4.11. The van der Waals surface area contributed by atoms with Crippen LogP contribution in [0, 0.1) is 26.3 Å². The van der Waals surface area contributed by atoms with Crippen molar-refractivity contribution in [3.05, 3.63) is 70.8 Å². The van der Waals surface area contributed by atoms with E-state index in [2.05, 4.69) is 16.7 Å². The average molecular weight is 520 g/mol. The van der Waals surface area contributed by atoms with E-state index in [1.165, 1.54) is 0 Å². The molecule has 0 fully saturated rings. The molecule has 0 saturated carbocycles. The number of carbonyl (C=O) groups is 3. The van der Waals surface area contributed by atoms with Gasteiger partial charge in [0.1, 0.15) is 17.7 Å². The van der Waals surface area contributed by atoms with E-state index in [4.69, 9.17) is 11.2 Å². The molecule has 3 amide bonds. The highest BCUT2D eigenvalue weighted by Gasteiger charge is 2.36. The normalized spacial score (nSPS) is 13.4. The first kappa shape index (κ1) is 30.4. The minimum atomic E-state index is -1.08. The van der Waals surface area contributed by atoms with Crippen LogP contribution >= 0.6 is 0 Å². The van der Waals surface area contributed by atoms with Gasteiger partial charge in [0.2, 0.25) is 5.91 Å². The number of amides is 3. The van der Waals surface area contributed by atoms with Gasteiger partial charge in [0, 0.05) is 18.5 Å². The molecule has 0 aliphatic heterocycles. The lowest BCUT2D eigenvalue weighted by Crippen LogP contribution is -2.52. The SMILES string of the molecule is C#CN(C(=O)C(Cc1ccccc1)NC(=O)OC(C)(C)C)C(C(=O)NC(C)CCC)c1ccc(C)c(C)c1. The fourth-order valence-electron chi connectivity index (χ4n) is 4.11. The van der Waals surface area contributed by atoms with Crippen LogP contribution in [0.1, 0.15) is 75.8 Å². The Bertz CT molecular complexity index is 1150. The number of alkyl carbamates (subject to hydrolysis) is 1. The van der Waals surface area contributed by atoms with Gasteiger partial charge in [0.05, 0.1) is 0 Å². The molecule has 7 heteroatoms. The molecular formula is C31H41N3O4. The number of rotatable bonds is 10. The summed E-state index contributed by atoms with van der Waals surface area (Å²) in [6.45, 7) is 13.1. The largest absolute Gasteiger partial charge is 0.444 e. The van der Waals surface area contributed by atoms with E-state index >= 15 is 0 Å². The Balaban J connectivity index is 2.50. The average Bonchev–Trinajstić information content (AvgIpc) is 2.83. The van der Waals surface area contributed by atoms with Crippen molar-refractivity contribution in [1.82, 2.24) is 15.5 Å². The summed E-state index contributed by atoms with van der Waals surface area (Å²) in [6.07, 6.45) is 7.01. The molecule has 2 rings (SSSR count). The van der Waals surface area contributed by atoms with Gasteiger partial charge in [-0.05, 0) is 70.2 Å². The molecule has 0 aliphatic carbocycles. The fraction of sp³-hybridized carbons (Fsp3) is 0.452. The maximum atomic E-state index is 14.0. The number of hydrogen-bond acceptors (Lipinski definition) is 4. The summed E-state index contributed by atoms with van der Waals surface area (Å²) in [5.74, 6) is -0.958. The number of nitrogens with zero attached hydrogens (tertiary/aromatic N) is 1. The molecule has 0 aromatic heterocycles. The highest BCUT2D eigenvalue weighted by molar-refractivity contribution is 5.93. The van der Waals surface area contributed by atoms with Crippen molar-refractivity contribution in [3.8, 4) is 12.5 Å². The zero-order chi connectivity index (χ0) is 28.5. The number of nitrogens with one attached hydrogen (secondary N) is 2. The van der Waals surface area contributed by atoms with Crippen LogP contribution in [0.5, 0.6) is 0 Å². The van der Waals surface area contributed by atoms with Gasteiger partial charge in [-0.15, -0.1) is 0 Å². The van der Waals surface area contributed by atoms with Crippen molar-refractivity contribution in [2.45, 2.75) is 91.5 Å². The lowest BCUT2D eigenvalue weighted by Gasteiger charge is -2.31. The Kier molecular flexibility index (Phi) is 10.9. The van der Waals surface area contributed by atoms with Crippen LogP contribution in [-0.2, 0) is 20.7 Å². The van der Waals surface area contributed by atoms with Crippen LogP contribution in [0.3, 0.4) is 0 Å². The second-order valence-electron chi connectivity index (χ2n) is 10.7. The van der Waals surface area contributed by atoms with Gasteiger partial charge in [-0.25, -0.2) is 4.79 Å². The first-order valence-corrected chi connectivity index (χ1v) is 13.1. The predicted octanol–water partition coefficient (Wildman–Crippen LogP) is 5.20. The van der Waals surface area contributed by atoms with E-state index in [-0.39, 0.29) is 18.4 Å². The number of ether oxygens (including phenoxy) is 1. The quantitative estimate of drug-likeness (QED) is 0.333. The number of terminal acetylenes is 1. The molecule has 0 radical (unpaired) electrons. The van der Waals surface area contributed by atoms with Gasteiger partial charge in [0.15, 0.2) is 0 Å². The highest BCUT2D eigenvalue weighted by atomic mass is 16.6. The molecule has 0 saturated heterocycles. The van der Waals surface area contributed by atoms with Crippen molar-refractivity contribution in [2.75, 3.05) is 0 Å². The summed E-state index contributed by atoms with van der Waals surface area (Å²) in [6, 6.07) is 15.1. The van der Waals surface area contributed by atoms with E-state index in [0.717, 1.165) is 34.4 Å². The maximum Gasteiger partial charge on any atom is 0.408 e. The van der Waals surface area contributed by atoms with Crippen LogP contribution in [0.25, 0.3) is 0 Å². The molecule has 38 heavy (non-hydrogen) atoms. The number of benzene rings is 2. The molecule has 7 nitrogen and oxygen atoms in total. The minimum Gasteiger partial charge on any atom is -0.444 e. The molecule has 3 atom stereocenters. The van der Waals surface area contributed by atoms with Gasteiger partial charge >= 0.3 is 6.09 Å². The smallest absolute Gasteiger partial charge is 0.408 e. The molecule has 2 aromatic carbocycles. The third kappa shape index (κ3) is 8.95. The standard InChI is InChI=1S/C31H41N3O4/c1-9-14-23(5)32-28(35)27(25-18-17-21(3)22(4)19-25)34(10-2)29(36)26(20-24-15-12-11-13-16-24)33-30(37)38-31(6,7)8/h2,11-13,15-19,23,26-27H,9,14,20H2,1,3-8H3,(H,32,35)(H,33,37). The Hall–Kier alpha value is -3.79. The van der Waals surface area contributed by atoms with Crippen molar-refractivity contribution >= 4 is 17.9 Å². The van der Waals surface area contributed by atoms with Crippen molar-refractivity contribution < 1.29 is 19.1 Å². The van der Waals surface area contributed by atoms with E-state index < -0.39 is 29.7 Å². The summed E-state index contributed by atoms with van der Waals surface area (Å²) < 4.78 is 5.42. The zero-order valence-corrected chi connectivity index (χ0v) is 23.6. The van der Waals surface area contributed by atoms with Gasteiger partial charge in [-0.3, -0.25) is 14.5 Å². The lowest BCUT2D eigenvalue weighted by atomic mass is 9.97. The number of hydrogen-bond donors (Lipinski definition) is 2. The summed E-state index contributed by atoms with van der Waals surface area (Å²) >= 11 is 0. The predicted molar refractivity (Wildman–Crippen MR) is 150 cm³/mol. The topological polar surface area (TPSA) is 87.7 Å². The van der Waals surface area contributed by atoms with E-state index in [1.54, 1.807) is 20.8 Å². The first-order chi connectivity index (χ1) is 17.9. The molecule has 0 bridgehead atoms. The van der Waals surface area contributed by atoms with Crippen molar-refractivity contribution in [2.24, 2.45) is 0 Å². The Morgan fingerprint density at radius 2 is 1.68 bits per heavy atom. The summed E-state index contributed by atoms with van der Waals surface area (Å²) in [7, 11) is 0. The van der Waals surface area contributed by atoms with Crippen LogP contribution in [0.4, 0.5) is 4.79 Å². The van der Waals surface area contributed by atoms with Gasteiger partial charge in [-0.2, -0.15) is 0 Å². The lowest BCUT2D eigenvalue weighted by molar-refractivity contribution is -0.138. The second kappa shape index (κ2) is 13.7. The second-order valence-corrected chi connectivity index (χ2v) is 10.7. The molecule has 204 valence electrons. The number of aryl methyl sites for hydroxylation is 2. The van der Waals surface area contributed by atoms with E-state index in [1.807, 2.05) is 76.2 Å². The van der Waals surface area contributed by atoms with Crippen LogP contribution < -0.4 is 10.6 Å². The zero-order valence-electron chi connectivity index (χ0n) is 23.6. The summed E-state index contributed by atoms with van der Waals surface area (Å²) in [4.78, 5) is 41.4. The maximum absolute atomic E-state index is 14.0. The van der Waals surface area contributed by atoms with Crippen molar-refractivity contribution in [3.63, 3.8) is 0 Å². The van der Waals surface area contributed by atoms with Crippen LogP contribution in [0.2, 0.25) is 0 Å². The Morgan fingerprint density at radius 3 is 2.24 bits per heavy atom. The number of carbonyl (C=O) groups excluding carboxylic acids is 3. The Morgan fingerprint density at radius 1 is 1.03 bits per heavy atom. The first-order valence-electron chi connectivity index (χ1n) is 13.1. The molecule has 0 aliphatic rings. The van der Waals surface area contributed by atoms with Crippen LogP contribution in [0.15, 0.2) is 48.5 Å². The molecule has 2 aromatic rings. The highest BCUT2D eigenvalue weighted by Crippen LogP contribution is 2.25. The van der Waals surface area contributed by atoms with Gasteiger partial charge in [0.25, 0.3) is 5.91 Å². The van der Waals surface area contributed by atoms with Gasteiger partial charge in [-0.1, -0.05) is 68.3 Å². The molecular weight excluding hydrogens is 478 g/mol. The molecule has 2 N–H and O–H groups in total. The summed E-state index contributed by atoms with van der Waals surface area (Å²) in [5.41, 5.74) is 2.69. The van der Waals surface area contributed by atoms with E-state index in [9.17, 15) is 14.4 Å². The third-order valence-electron chi connectivity index (χ3n) is 6.11. The molecule has 0 spiro atoms. The van der Waals surface area contributed by atoms with Crippen molar-refractivity contribution in [1.29, 1.82) is 0 Å². The van der Waals surface area contributed by atoms with Crippen LogP contribution in [-0.4, -0.2) is 40.5 Å².